The standard InChI is InChI=1S/C14H16N2O.ClH/c1-9(17)16-8-12(14(15)10-6-7-10)11-4-2-3-5-13(11)16;/h2-5,8,10,14H,6-7,15H2,1H3;1H/t14-;/m0./s1. The Labute approximate surface area is 112 Å². The van der Waals surface area contributed by atoms with Crippen LogP contribution in [0.1, 0.15) is 36.2 Å². The van der Waals surface area contributed by atoms with Crippen molar-refractivity contribution >= 4 is 29.2 Å². The van der Waals surface area contributed by atoms with Crippen molar-refractivity contribution in [2.75, 3.05) is 0 Å². The van der Waals surface area contributed by atoms with Crippen molar-refractivity contribution in [1.82, 2.24) is 4.57 Å². The summed E-state index contributed by atoms with van der Waals surface area (Å²) in [5.41, 5.74) is 8.33. The van der Waals surface area contributed by atoms with Gasteiger partial charge in [0.15, 0.2) is 0 Å². The number of hydrogen-bond donors (Lipinski definition) is 1. The number of rotatable bonds is 2. The number of nitrogens with two attached hydrogens (primary N) is 1. The first-order valence-corrected chi connectivity index (χ1v) is 6.05. The number of halogens is 1. The third-order valence-corrected chi connectivity index (χ3v) is 3.57. The Balaban J connectivity index is 0.00000120. The molecule has 1 aromatic heterocycles. The van der Waals surface area contributed by atoms with E-state index in [1.165, 1.54) is 12.8 Å². The average Bonchev–Trinajstić information content (AvgIpc) is 3.08. The number of aromatic nitrogens is 1. The molecule has 0 unspecified atom stereocenters. The third-order valence-electron chi connectivity index (χ3n) is 3.57. The fourth-order valence-corrected chi connectivity index (χ4v) is 2.44. The summed E-state index contributed by atoms with van der Waals surface area (Å²) in [5, 5.41) is 1.11. The molecule has 0 saturated heterocycles. The minimum atomic E-state index is 0. The molecule has 0 bridgehead atoms. The summed E-state index contributed by atoms with van der Waals surface area (Å²) in [5.74, 6) is 0.636. The van der Waals surface area contributed by atoms with Crippen molar-refractivity contribution in [3.63, 3.8) is 0 Å². The second-order valence-electron chi connectivity index (χ2n) is 4.85. The van der Waals surface area contributed by atoms with E-state index in [1.807, 2.05) is 30.5 Å². The lowest BCUT2D eigenvalue weighted by molar-refractivity contribution is 0.0941. The van der Waals surface area contributed by atoms with Crippen LogP contribution in [0.15, 0.2) is 30.5 Å². The monoisotopic (exact) mass is 264 g/mol. The van der Waals surface area contributed by atoms with Gasteiger partial charge in [0.05, 0.1) is 5.52 Å². The molecule has 4 heteroatoms. The summed E-state index contributed by atoms with van der Waals surface area (Å²) >= 11 is 0. The van der Waals surface area contributed by atoms with Crippen LogP contribution in [-0.4, -0.2) is 10.5 Å². The Morgan fingerprint density at radius 1 is 1.39 bits per heavy atom. The molecule has 96 valence electrons. The number of benzene rings is 1. The molecule has 0 radical (unpaired) electrons. The molecule has 1 heterocycles. The van der Waals surface area contributed by atoms with E-state index in [2.05, 4.69) is 0 Å². The van der Waals surface area contributed by atoms with E-state index < -0.39 is 0 Å². The predicted molar refractivity (Wildman–Crippen MR) is 75.1 cm³/mol. The van der Waals surface area contributed by atoms with Gasteiger partial charge in [-0.2, -0.15) is 0 Å². The van der Waals surface area contributed by atoms with Crippen molar-refractivity contribution < 1.29 is 4.79 Å². The quantitative estimate of drug-likeness (QED) is 0.906. The zero-order valence-electron chi connectivity index (χ0n) is 10.3. The van der Waals surface area contributed by atoms with E-state index in [1.54, 1.807) is 11.5 Å². The number of para-hydroxylation sites is 1. The lowest BCUT2D eigenvalue weighted by Gasteiger charge is -2.08. The molecule has 1 aliphatic carbocycles. The van der Waals surface area contributed by atoms with Crippen molar-refractivity contribution in [2.45, 2.75) is 25.8 Å². The van der Waals surface area contributed by atoms with Crippen LogP contribution >= 0.6 is 12.4 Å². The van der Waals surface area contributed by atoms with Gasteiger partial charge in [0.25, 0.3) is 0 Å². The molecule has 3 rings (SSSR count). The zero-order chi connectivity index (χ0) is 12.0. The Morgan fingerprint density at radius 3 is 2.67 bits per heavy atom. The van der Waals surface area contributed by atoms with Gasteiger partial charge in [0, 0.05) is 24.5 Å². The van der Waals surface area contributed by atoms with Crippen molar-refractivity contribution in [3.05, 3.63) is 36.0 Å². The summed E-state index contributed by atoms with van der Waals surface area (Å²) in [6, 6.07) is 8.04. The van der Waals surface area contributed by atoms with E-state index in [0.717, 1.165) is 16.5 Å². The first-order chi connectivity index (χ1) is 8.18. The van der Waals surface area contributed by atoms with Gasteiger partial charge in [-0.3, -0.25) is 9.36 Å². The molecule has 1 atom stereocenters. The Hall–Kier alpha value is -1.32. The van der Waals surface area contributed by atoms with Crippen LogP contribution < -0.4 is 5.73 Å². The smallest absolute Gasteiger partial charge is 0.227 e. The number of hydrogen-bond acceptors (Lipinski definition) is 2. The normalized spacial score (nSPS) is 16.3. The zero-order valence-corrected chi connectivity index (χ0v) is 11.1. The largest absolute Gasteiger partial charge is 0.324 e. The van der Waals surface area contributed by atoms with Crippen LogP contribution in [0.4, 0.5) is 0 Å². The van der Waals surface area contributed by atoms with Crippen LogP contribution in [0, 0.1) is 5.92 Å². The Bertz CT molecular complexity index is 586. The molecule has 0 aliphatic heterocycles. The molecule has 1 saturated carbocycles. The molecular formula is C14H17ClN2O. The number of fused-ring (bicyclic) bond motifs is 1. The Morgan fingerprint density at radius 2 is 2.06 bits per heavy atom. The lowest BCUT2D eigenvalue weighted by Crippen LogP contribution is -2.12. The first-order valence-electron chi connectivity index (χ1n) is 6.05. The summed E-state index contributed by atoms with van der Waals surface area (Å²) in [4.78, 5) is 11.6. The fraction of sp³-hybridized carbons (Fsp3) is 0.357. The maximum atomic E-state index is 11.6. The molecule has 18 heavy (non-hydrogen) atoms. The average molecular weight is 265 g/mol. The predicted octanol–water partition coefficient (Wildman–Crippen LogP) is 3.13. The van der Waals surface area contributed by atoms with Gasteiger partial charge in [0.1, 0.15) is 0 Å². The Kier molecular flexibility index (Phi) is 3.46. The maximum Gasteiger partial charge on any atom is 0.227 e. The second kappa shape index (κ2) is 4.75. The second-order valence-corrected chi connectivity index (χ2v) is 4.85. The molecule has 2 aromatic rings. The minimum absolute atomic E-state index is 0. The van der Waals surface area contributed by atoms with Gasteiger partial charge < -0.3 is 5.73 Å². The van der Waals surface area contributed by atoms with Gasteiger partial charge in [-0.25, -0.2) is 0 Å². The van der Waals surface area contributed by atoms with Crippen LogP contribution in [0.2, 0.25) is 0 Å². The topological polar surface area (TPSA) is 48.0 Å². The highest BCUT2D eigenvalue weighted by molar-refractivity contribution is 5.93. The van der Waals surface area contributed by atoms with Crippen LogP contribution in [-0.2, 0) is 0 Å². The van der Waals surface area contributed by atoms with Crippen molar-refractivity contribution in [3.8, 4) is 0 Å². The van der Waals surface area contributed by atoms with Gasteiger partial charge in [0.2, 0.25) is 5.91 Å². The number of nitrogens with zero attached hydrogens (tertiary/aromatic N) is 1. The van der Waals surface area contributed by atoms with Crippen LogP contribution in [0.3, 0.4) is 0 Å². The highest BCUT2D eigenvalue weighted by Crippen LogP contribution is 2.41. The molecule has 0 amide bonds. The van der Waals surface area contributed by atoms with Gasteiger partial charge in [-0.15, -0.1) is 12.4 Å². The highest BCUT2D eigenvalue weighted by atomic mass is 35.5. The fourth-order valence-electron chi connectivity index (χ4n) is 2.44. The van der Waals surface area contributed by atoms with Crippen molar-refractivity contribution in [2.24, 2.45) is 11.7 Å². The van der Waals surface area contributed by atoms with Crippen molar-refractivity contribution in [1.29, 1.82) is 0 Å². The summed E-state index contributed by atoms with van der Waals surface area (Å²) < 4.78 is 1.70. The van der Waals surface area contributed by atoms with E-state index in [0.29, 0.717) is 5.92 Å². The van der Waals surface area contributed by atoms with E-state index in [4.69, 9.17) is 5.73 Å². The molecule has 1 aliphatic rings. The summed E-state index contributed by atoms with van der Waals surface area (Å²) in [6.45, 7) is 1.58. The minimum Gasteiger partial charge on any atom is -0.324 e. The van der Waals surface area contributed by atoms with Gasteiger partial charge in [-0.1, -0.05) is 18.2 Å². The van der Waals surface area contributed by atoms with E-state index in [9.17, 15) is 4.79 Å². The van der Waals surface area contributed by atoms with Crippen LogP contribution in [0.25, 0.3) is 10.9 Å². The summed E-state index contributed by atoms with van der Waals surface area (Å²) in [7, 11) is 0. The molecule has 3 nitrogen and oxygen atoms in total. The number of carbonyl (C=O) groups is 1. The first kappa shape index (κ1) is 13.1. The molecule has 1 fully saturated rings. The van der Waals surface area contributed by atoms with E-state index >= 15 is 0 Å². The van der Waals surface area contributed by atoms with Gasteiger partial charge >= 0.3 is 0 Å². The lowest BCUT2D eigenvalue weighted by atomic mass is 10.0. The molecule has 0 spiro atoms. The molecular weight excluding hydrogens is 248 g/mol. The maximum absolute atomic E-state index is 11.6. The SMILES string of the molecule is CC(=O)n1cc([C@@H](N)C2CC2)c2ccccc21.Cl. The summed E-state index contributed by atoms with van der Waals surface area (Å²) in [6.07, 6.45) is 4.33. The third kappa shape index (κ3) is 2.04. The molecule has 1 aromatic carbocycles. The van der Waals surface area contributed by atoms with E-state index in [-0.39, 0.29) is 24.4 Å². The van der Waals surface area contributed by atoms with Crippen LogP contribution in [0.5, 0.6) is 0 Å². The number of carbonyl (C=O) groups excluding carboxylic acids is 1. The van der Waals surface area contributed by atoms with Gasteiger partial charge in [-0.05, 0) is 30.4 Å². The molecule has 2 N–H and O–H groups in total. The highest BCUT2D eigenvalue weighted by Gasteiger charge is 2.31.